The van der Waals surface area contributed by atoms with Crippen molar-refractivity contribution >= 4 is 29.1 Å². The third-order valence-electron chi connectivity index (χ3n) is 2.96. The molecule has 0 aliphatic carbocycles. The predicted octanol–water partition coefficient (Wildman–Crippen LogP) is 1.27. The topological polar surface area (TPSA) is 58.2 Å². The van der Waals surface area contributed by atoms with Crippen molar-refractivity contribution in [2.24, 2.45) is 5.41 Å². The first kappa shape index (κ1) is 12.8. The van der Waals surface area contributed by atoms with Crippen LogP contribution in [0, 0.1) is 5.41 Å². The van der Waals surface area contributed by atoms with Crippen LogP contribution < -0.4 is 10.6 Å². The second kappa shape index (κ2) is 4.74. The van der Waals surface area contributed by atoms with Gasteiger partial charge in [-0.15, -0.1) is 0 Å². The van der Waals surface area contributed by atoms with Gasteiger partial charge in [-0.1, -0.05) is 25.0 Å². The Morgan fingerprint density at radius 3 is 2.25 bits per heavy atom. The van der Waals surface area contributed by atoms with Crippen LogP contribution in [0.25, 0.3) is 0 Å². The van der Waals surface area contributed by atoms with Gasteiger partial charge in [0.2, 0.25) is 11.8 Å². The maximum atomic E-state index is 12.0. The van der Waals surface area contributed by atoms with E-state index in [1.165, 1.54) is 0 Å². The molecule has 0 saturated carbocycles. The van der Waals surface area contributed by atoms with Crippen LogP contribution >= 0.6 is 12.2 Å². The highest BCUT2D eigenvalue weighted by Gasteiger charge is 2.49. The number of nitrogens with one attached hydrogen (secondary N) is 2. The summed E-state index contributed by atoms with van der Waals surface area (Å²) >= 11 is 4.79. The molecule has 2 amide bonds. The van der Waals surface area contributed by atoms with Crippen molar-refractivity contribution in [2.75, 3.05) is 0 Å². The SMILES string of the molecule is C/C=C(\C)C1(CCC)C(=O)NC(=S)NC1=O. The first-order chi connectivity index (χ1) is 7.48. The molecule has 1 heterocycles. The number of hydrogen-bond acceptors (Lipinski definition) is 3. The third kappa shape index (κ3) is 1.87. The summed E-state index contributed by atoms with van der Waals surface area (Å²) in [5.41, 5.74) is -0.335. The number of allylic oxidation sites excluding steroid dienone is 1. The minimum Gasteiger partial charge on any atom is -0.302 e. The van der Waals surface area contributed by atoms with Gasteiger partial charge < -0.3 is 10.6 Å². The van der Waals surface area contributed by atoms with E-state index in [-0.39, 0.29) is 16.9 Å². The largest absolute Gasteiger partial charge is 0.302 e. The molecule has 16 heavy (non-hydrogen) atoms. The monoisotopic (exact) mass is 240 g/mol. The molecule has 2 N–H and O–H groups in total. The molecule has 1 saturated heterocycles. The Morgan fingerprint density at radius 2 is 1.88 bits per heavy atom. The molecule has 0 unspecified atom stereocenters. The van der Waals surface area contributed by atoms with Gasteiger partial charge in [0.05, 0.1) is 0 Å². The fourth-order valence-corrected chi connectivity index (χ4v) is 2.14. The quantitative estimate of drug-likeness (QED) is 0.444. The second-order valence-electron chi connectivity index (χ2n) is 3.86. The summed E-state index contributed by atoms with van der Waals surface area (Å²) in [6.07, 6.45) is 3.03. The lowest BCUT2D eigenvalue weighted by Gasteiger charge is -2.35. The molecule has 1 aliphatic rings. The summed E-state index contributed by atoms with van der Waals surface area (Å²) in [6, 6.07) is 0. The average Bonchev–Trinajstić information content (AvgIpc) is 2.22. The molecular formula is C11H16N2O2S. The summed E-state index contributed by atoms with van der Waals surface area (Å²) < 4.78 is 0. The molecular weight excluding hydrogens is 224 g/mol. The maximum Gasteiger partial charge on any atom is 0.245 e. The van der Waals surface area contributed by atoms with Crippen molar-refractivity contribution in [3.63, 3.8) is 0 Å². The first-order valence-corrected chi connectivity index (χ1v) is 5.70. The van der Waals surface area contributed by atoms with E-state index in [2.05, 4.69) is 10.6 Å². The van der Waals surface area contributed by atoms with Crippen LogP contribution in [0.3, 0.4) is 0 Å². The molecule has 0 aromatic rings. The van der Waals surface area contributed by atoms with Gasteiger partial charge in [0.15, 0.2) is 5.11 Å². The Morgan fingerprint density at radius 1 is 1.38 bits per heavy atom. The summed E-state index contributed by atoms with van der Waals surface area (Å²) in [5.74, 6) is -0.641. The van der Waals surface area contributed by atoms with E-state index < -0.39 is 5.41 Å². The van der Waals surface area contributed by atoms with Gasteiger partial charge in [0, 0.05) is 0 Å². The van der Waals surface area contributed by atoms with E-state index in [9.17, 15) is 9.59 Å². The van der Waals surface area contributed by atoms with E-state index in [0.29, 0.717) is 6.42 Å². The van der Waals surface area contributed by atoms with Crippen molar-refractivity contribution in [3.8, 4) is 0 Å². The Balaban J connectivity index is 3.22. The molecule has 1 fully saturated rings. The predicted molar refractivity (Wildman–Crippen MR) is 65.7 cm³/mol. The van der Waals surface area contributed by atoms with E-state index in [0.717, 1.165) is 12.0 Å². The highest BCUT2D eigenvalue weighted by Crippen LogP contribution is 2.34. The summed E-state index contributed by atoms with van der Waals surface area (Å²) in [4.78, 5) is 24.1. The number of amides is 2. The first-order valence-electron chi connectivity index (χ1n) is 5.29. The molecule has 1 rings (SSSR count). The van der Waals surface area contributed by atoms with Crippen LogP contribution in [0.2, 0.25) is 0 Å². The van der Waals surface area contributed by atoms with Crippen LogP contribution in [0.5, 0.6) is 0 Å². The minimum atomic E-state index is -1.09. The highest BCUT2D eigenvalue weighted by molar-refractivity contribution is 7.80. The van der Waals surface area contributed by atoms with E-state index in [4.69, 9.17) is 12.2 Å². The Kier molecular flexibility index (Phi) is 3.80. The van der Waals surface area contributed by atoms with Gasteiger partial charge in [-0.3, -0.25) is 9.59 Å². The van der Waals surface area contributed by atoms with E-state index in [1.807, 2.05) is 13.8 Å². The summed E-state index contributed by atoms with van der Waals surface area (Å²) in [6.45, 7) is 5.56. The lowest BCUT2D eigenvalue weighted by atomic mass is 9.74. The molecule has 0 radical (unpaired) electrons. The zero-order valence-corrected chi connectivity index (χ0v) is 10.5. The number of thiocarbonyl (C=S) groups is 1. The molecule has 88 valence electrons. The summed E-state index contributed by atoms with van der Waals surface area (Å²) in [7, 11) is 0. The van der Waals surface area contributed by atoms with Crippen molar-refractivity contribution in [3.05, 3.63) is 11.6 Å². The lowest BCUT2D eigenvalue weighted by molar-refractivity contribution is -0.141. The van der Waals surface area contributed by atoms with Crippen molar-refractivity contribution < 1.29 is 9.59 Å². The standard InChI is InChI=1S/C11H16N2O2S/c1-4-6-11(7(3)5-2)8(14)12-10(16)13-9(11)15/h5H,4,6H2,1-3H3,(H2,12,13,14,15,16)/b7-5+. The summed E-state index contributed by atoms with van der Waals surface area (Å²) in [5, 5.41) is 5.13. The van der Waals surface area contributed by atoms with E-state index >= 15 is 0 Å². The average molecular weight is 240 g/mol. The highest BCUT2D eigenvalue weighted by atomic mass is 32.1. The van der Waals surface area contributed by atoms with E-state index in [1.54, 1.807) is 13.0 Å². The van der Waals surface area contributed by atoms with Crippen LogP contribution in [0.15, 0.2) is 11.6 Å². The third-order valence-corrected chi connectivity index (χ3v) is 3.16. The fraction of sp³-hybridized carbons (Fsp3) is 0.545. The fourth-order valence-electron chi connectivity index (χ4n) is 1.96. The molecule has 0 aromatic heterocycles. The zero-order valence-electron chi connectivity index (χ0n) is 9.72. The second-order valence-corrected chi connectivity index (χ2v) is 4.27. The Hall–Kier alpha value is -1.23. The van der Waals surface area contributed by atoms with Gasteiger partial charge in [-0.25, -0.2) is 0 Å². The number of carbonyl (C=O) groups is 2. The number of rotatable bonds is 3. The maximum absolute atomic E-state index is 12.0. The number of hydrogen-bond donors (Lipinski definition) is 2. The molecule has 0 spiro atoms. The Labute approximate surface area is 100 Å². The molecule has 0 atom stereocenters. The molecule has 4 nitrogen and oxygen atoms in total. The van der Waals surface area contributed by atoms with Gasteiger partial charge in [0.25, 0.3) is 0 Å². The molecule has 0 aromatic carbocycles. The molecule has 1 aliphatic heterocycles. The van der Waals surface area contributed by atoms with Gasteiger partial charge in [0.1, 0.15) is 5.41 Å². The molecule has 0 bridgehead atoms. The lowest BCUT2D eigenvalue weighted by Crippen LogP contribution is -2.62. The zero-order chi connectivity index (χ0) is 12.3. The van der Waals surface area contributed by atoms with Crippen LogP contribution in [0.4, 0.5) is 0 Å². The molecule has 5 heteroatoms. The minimum absolute atomic E-state index is 0.0885. The normalized spacial score (nSPS) is 20.4. The van der Waals surface area contributed by atoms with Crippen LogP contribution in [0.1, 0.15) is 33.6 Å². The van der Waals surface area contributed by atoms with Crippen molar-refractivity contribution in [2.45, 2.75) is 33.6 Å². The van der Waals surface area contributed by atoms with Crippen molar-refractivity contribution in [1.82, 2.24) is 10.6 Å². The van der Waals surface area contributed by atoms with Gasteiger partial charge >= 0.3 is 0 Å². The van der Waals surface area contributed by atoms with Crippen LogP contribution in [-0.2, 0) is 9.59 Å². The van der Waals surface area contributed by atoms with Gasteiger partial charge in [-0.05, 0) is 32.5 Å². The van der Waals surface area contributed by atoms with Crippen LogP contribution in [-0.4, -0.2) is 16.9 Å². The Bertz CT molecular complexity index is 354. The van der Waals surface area contributed by atoms with Gasteiger partial charge in [-0.2, -0.15) is 0 Å². The smallest absolute Gasteiger partial charge is 0.245 e. The van der Waals surface area contributed by atoms with Crippen molar-refractivity contribution in [1.29, 1.82) is 0 Å². The number of carbonyl (C=O) groups excluding carboxylic acids is 2.